The molecular formula is C14H14N2O4S. The van der Waals surface area contributed by atoms with E-state index in [9.17, 15) is 18.5 Å². The van der Waals surface area contributed by atoms with Gasteiger partial charge < -0.3 is 0 Å². The molecule has 6 nitrogen and oxygen atoms in total. The summed E-state index contributed by atoms with van der Waals surface area (Å²) < 4.78 is 26.6. The molecule has 0 unspecified atom stereocenters. The van der Waals surface area contributed by atoms with Crippen LogP contribution in [0.15, 0.2) is 48.5 Å². The fourth-order valence-electron chi connectivity index (χ4n) is 1.85. The van der Waals surface area contributed by atoms with Gasteiger partial charge in [-0.2, -0.15) is 0 Å². The van der Waals surface area contributed by atoms with Crippen LogP contribution in [-0.4, -0.2) is 13.3 Å². The summed E-state index contributed by atoms with van der Waals surface area (Å²) in [5, 5.41) is 10.9. The van der Waals surface area contributed by atoms with E-state index >= 15 is 0 Å². The van der Waals surface area contributed by atoms with E-state index < -0.39 is 20.7 Å². The van der Waals surface area contributed by atoms with Crippen molar-refractivity contribution < 1.29 is 13.3 Å². The van der Waals surface area contributed by atoms with Crippen LogP contribution in [0.1, 0.15) is 11.1 Å². The second-order valence-electron chi connectivity index (χ2n) is 4.61. The molecule has 2 aromatic rings. The zero-order valence-electron chi connectivity index (χ0n) is 11.3. The van der Waals surface area contributed by atoms with Crippen molar-refractivity contribution in [3.63, 3.8) is 0 Å². The topological polar surface area (TPSA) is 89.3 Å². The summed E-state index contributed by atoms with van der Waals surface area (Å²) in [7, 11) is -3.71. The monoisotopic (exact) mass is 306 g/mol. The second kappa shape index (κ2) is 5.92. The second-order valence-corrected chi connectivity index (χ2v) is 6.34. The average molecular weight is 306 g/mol. The van der Waals surface area contributed by atoms with Gasteiger partial charge in [-0.15, -0.1) is 0 Å². The molecule has 0 aromatic heterocycles. The van der Waals surface area contributed by atoms with Crippen molar-refractivity contribution in [3.8, 4) is 0 Å². The molecule has 0 aliphatic rings. The Hall–Kier alpha value is -2.41. The van der Waals surface area contributed by atoms with E-state index in [0.717, 1.165) is 5.56 Å². The number of para-hydroxylation sites is 1. The van der Waals surface area contributed by atoms with Crippen LogP contribution in [0.25, 0.3) is 0 Å². The summed E-state index contributed by atoms with van der Waals surface area (Å²) in [6.45, 7) is 1.89. The van der Waals surface area contributed by atoms with Gasteiger partial charge in [0.25, 0.3) is 5.69 Å². The number of sulfonamides is 1. The van der Waals surface area contributed by atoms with Gasteiger partial charge in [-0.25, -0.2) is 8.42 Å². The number of nitro groups is 1. The molecule has 2 aromatic carbocycles. The maximum absolute atomic E-state index is 12.1. The van der Waals surface area contributed by atoms with Gasteiger partial charge in [0.05, 0.1) is 4.92 Å². The number of hydrogen-bond donors (Lipinski definition) is 1. The SMILES string of the molecule is Cc1ccc(NS(=O)(=O)Cc2ccccc2[N+](=O)[O-])cc1. The lowest BCUT2D eigenvalue weighted by Gasteiger charge is -2.08. The standard InChI is InChI=1S/C14H14N2O4S/c1-11-6-8-13(9-7-11)15-21(19,20)10-12-4-2-3-5-14(12)16(17)18/h2-9,15H,10H2,1H3. The zero-order valence-corrected chi connectivity index (χ0v) is 12.1. The van der Waals surface area contributed by atoms with Crippen LogP contribution >= 0.6 is 0 Å². The predicted molar refractivity (Wildman–Crippen MR) is 80.5 cm³/mol. The molecule has 0 heterocycles. The Balaban J connectivity index is 2.22. The third-order valence-electron chi connectivity index (χ3n) is 2.86. The molecular weight excluding hydrogens is 292 g/mol. The van der Waals surface area contributed by atoms with Gasteiger partial charge in [0, 0.05) is 17.3 Å². The number of rotatable bonds is 5. The summed E-state index contributed by atoms with van der Waals surface area (Å²) in [6.07, 6.45) is 0. The van der Waals surface area contributed by atoms with E-state index in [2.05, 4.69) is 4.72 Å². The third kappa shape index (κ3) is 4.03. The average Bonchev–Trinajstić information content (AvgIpc) is 2.41. The van der Waals surface area contributed by atoms with Crippen molar-refractivity contribution in [2.75, 3.05) is 4.72 Å². The lowest BCUT2D eigenvalue weighted by molar-refractivity contribution is -0.385. The Kier molecular flexibility index (Phi) is 4.23. The fraction of sp³-hybridized carbons (Fsp3) is 0.143. The van der Waals surface area contributed by atoms with Gasteiger partial charge in [-0.3, -0.25) is 14.8 Å². The van der Waals surface area contributed by atoms with Gasteiger partial charge in [0.1, 0.15) is 5.75 Å². The highest BCUT2D eigenvalue weighted by Crippen LogP contribution is 2.21. The van der Waals surface area contributed by atoms with Crippen molar-refractivity contribution >= 4 is 21.4 Å². The maximum Gasteiger partial charge on any atom is 0.273 e. The first kappa shape index (κ1) is 15.0. The highest BCUT2D eigenvalue weighted by atomic mass is 32.2. The Morgan fingerprint density at radius 3 is 2.33 bits per heavy atom. The van der Waals surface area contributed by atoms with Crippen LogP contribution in [0.5, 0.6) is 0 Å². The van der Waals surface area contributed by atoms with Crippen molar-refractivity contribution in [2.45, 2.75) is 12.7 Å². The van der Waals surface area contributed by atoms with Crippen molar-refractivity contribution in [1.29, 1.82) is 0 Å². The summed E-state index contributed by atoms with van der Waals surface area (Å²) >= 11 is 0. The van der Waals surface area contributed by atoms with Gasteiger partial charge in [-0.1, -0.05) is 35.9 Å². The molecule has 0 spiro atoms. The molecule has 1 N–H and O–H groups in total. The number of nitrogens with one attached hydrogen (secondary N) is 1. The molecule has 0 radical (unpaired) electrons. The largest absolute Gasteiger partial charge is 0.283 e. The number of aryl methyl sites for hydroxylation is 1. The minimum atomic E-state index is -3.71. The molecule has 2 rings (SSSR count). The summed E-state index contributed by atoms with van der Waals surface area (Å²) in [6, 6.07) is 12.7. The number of benzene rings is 2. The van der Waals surface area contributed by atoms with Gasteiger partial charge in [-0.05, 0) is 19.1 Å². The third-order valence-corrected chi connectivity index (χ3v) is 4.10. The minimum Gasteiger partial charge on any atom is -0.283 e. The smallest absolute Gasteiger partial charge is 0.273 e. The highest BCUT2D eigenvalue weighted by Gasteiger charge is 2.19. The molecule has 0 amide bonds. The van der Waals surface area contributed by atoms with E-state index in [1.165, 1.54) is 18.2 Å². The maximum atomic E-state index is 12.1. The molecule has 0 aliphatic carbocycles. The van der Waals surface area contributed by atoms with Crippen LogP contribution < -0.4 is 4.72 Å². The lowest BCUT2D eigenvalue weighted by atomic mass is 10.2. The lowest BCUT2D eigenvalue weighted by Crippen LogP contribution is -2.15. The van der Waals surface area contributed by atoms with Gasteiger partial charge in [0.2, 0.25) is 10.0 Å². The first-order valence-corrected chi connectivity index (χ1v) is 7.82. The quantitative estimate of drug-likeness (QED) is 0.679. The van der Waals surface area contributed by atoms with E-state index in [1.807, 2.05) is 6.92 Å². The van der Waals surface area contributed by atoms with Crippen molar-refractivity contribution in [3.05, 3.63) is 69.8 Å². The molecule has 110 valence electrons. The Bertz CT molecular complexity index is 755. The Morgan fingerprint density at radius 1 is 1.10 bits per heavy atom. The Morgan fingerprint density at radius 2 is 1.71 bits per heavy atom. The molecule has 0 fully saturated rings. The first-order valence-electron chi connectivity index (χ1n) is 6.17. The van der Waals surface area contributed by atoms with E-state index in [0.29, 0.717) is 5.69 Å². The summed E-state index contributed by atoms with van der Waals surface area (Å²) in [5.41, 5.74) is 1.39. The first-order chi connectivity index (χ1) is 9.87. The van der Waals surface area contributed by atoms with E-state index in [1.54, 1.807) is 30.3 Å². The number of hydrogen-bond acceptors (Lipinski definition) is 4. The zero-order chi connectivity index (χ0) is 15.5. The summed E-state index contributed by atoms with van der Waals surface area (Å²) in [5.74, 6) is -0.446. The van der Waals surface area contributed by atoms with E-state index in [-0.39, 0.29) is 11.3 Å². The molecule has 0 aliphatic heterocycles. The van der Waals surface area contributed by atoms with Crippen LogP contribution in [0.2, 0.25) is 0 Å². The number of nitrogens with zero attached hydrogens (tertiary/aromatic N) is 1. The molecule has 0 atom stereocenters. The fourth-order valence-corrected chi connectivity index (χ4v) is 3.07. The van der Waals surface area contributed by atoms with Crippen LogP contribution in [0.3, 0.4) is 0 Å². The highest BCUT2D eigenvalue weighted by molar-refractivity contribution is 7.91. The van der Waals surface area contributed by atoms with Gasteiger partial charge >= 0.3 is 0 Å². The molecule has 21 heavy (non-hydrogen) atoms. The van der Waals surface area contributed by atoms with Crippen LogP contribution in [0, 0.1) is 17.0 Å². The number of anilines is 1. The van der Waals surface area contributed by atoms with Crippen LogP contribution in [-0.2, 0) is 15.8 Å². The minimum absolute atomic E-state index is 0.155. The predicted octanol–water partition coefficient (Wildman–Crippen LogP) is 2.85. The van der Waals surface area contributed by atoms with Crippen molar-refractivity contribution in [2.24, 2.45) is 0 Å². The Labute approximate surface area is 122 Å². The van der Waals surface area contributed by atoms with Crippen molar-refractivity contribution in [1.82, 2.24) is 0 Å². The molecule has 0 saturated heterocycles. The number of nitro benzene ring substituents is 1. The van der Waals surface area contributed by atoms with Gasteiger partial charge in [0.15, 0.2) is 0 Å². The molecule has 0 bridgehead atoms. The summed E-state index contributed by atoms with van der Waals surface area (Å²) in [4.78, 5) is 10.3. The normalized spacial score (nSPS) is 11.1. The molecule has 0 saturated carbocycles. The van der Waals surface area contributed by atoms with E-state index in [4.69, 9.17) is 0 Å². The molecule has 7 heteroatoms. The van der Waals surface area contributed by atoms with Crippen LogP contribution in [0.4, 0.5) is 11.4 Å².